The molecule has 0 fully saturated rings. The molecule has 0 aliphatic heterocycles. The summed E-state index contributed by atoms with van der Waals surface area (Å²) in [5, 5.41) is 7.27. The summed E-state index contributed by atoms with van der Waals surface area (Å²) >= 11 is 0. The van der Waals surface area contributed by atoms with E-state index < -0.39 is 30.4 Å². The number of unbranched alkanes of at least 4 members (excludes halogenated alkanes) is 1. The van der Waals surface area contributed by atoms with Crippen molar-refractivity contribution in [3.8, 4) is 17.2 Å². The number of benzene rings is 2. The van der Waals surface area contributed by atoms with Gasteiger partial charge in [-0.1, -0.05) is 13.3 Å². The van der Waals surface area contributed by atoms with E-state index in [4.69, 9.17) is 18.9 Å². The molecule has 0 heterocycles. The van der Waals surface area contributed by atoms with Crippen molar-refractivity contribution in [2.24, 2.45) is 0 Å². The molecule has 0 atom stereocenters. The maximum atomic E-state index is 12.3. The SMILES string of the molecule is CCCCNC(=O)NC(=O)COC(=O)c1ccc(OCC(=O)Nc2ccc(OC)cc2)c(OC)c1. The zero-order valence-corrected chi connectivity index (χ0v) is 19.8. The number of carbonyl (C=O) groups is 4. The van der Waals surface area contributed by atoms with Gasteiger partial charge in [0.2, 0.25) is 0 Å². The molecule has 188 valence electrons. The number of urea groups is 1. The largest absolute Gasteiger partial charge is 0.497 e. The predicted octanol–water partition coefficient (Wildman–Crippen LogP) is 2.50. The van der Waals surface area contributed by atoms with Crippen molar-refractivity contribution in [1.29, 1.82) is 0 Å². The molecule has 3 N–H and O–H groups in total. The molecule has 0 unspecified atom stereocenters. The van der Waals surface area contributed by atoms with Crippen LogP contribution in [-0.4, -0.2) is 57.8 Å². The summed E-state index contributed by atoms with van der Waals surface area (Å²) in [5.74, 6) is -0.871. The topological polar surface area (TPSA) is 141 Å². The number of hydrogen-bond donors (Lipinski definition) is 3. The van der Waals surface area contributed by atoms with E-state index in [2.05, 4.69) is 16.0 Å². The molecule has 0 aliphatic carbocycles. The minimum Gasteiger partial charge on any atom is -0.497 e. The molecule has 2 aromatic carbocycles. The molecular formula is C24H29N3O8. The van der Waals surface area contributed by atoms with Gasteiger partial charge in [0.1, 0.15) is 5.75 Å². The van der Waals surface area contributed by atoms with Crippen LogP contribution in [0.15, 0.2) is 42.5 Å². The number of hydrogen-bond acceptors (Lipinski definition) is 8. The second kappa shape index (κ2) is 14.1. The van der Waals surface area contributed by atoms with Crippen molar-refractivity contribution in [3.63, 3.8) is 0 Å². The van der Waals surface area contributed by atoms with Crippen LogP contribution in [0.1, 0.15) is 30.1 Å². The van der Waals surface area contributed by atoms with Gasteiger partial charge in [-0.2, -0.15) is 0 Å². The number of amides is 4. The van der Waals surface area contributed by atoms with E-state index in [1.165, 1.54) is 25.3 Å². The lowest BCUT2D eigenvalue weighted by molar-refractivity contribution is -0.123. The smallest absolute Gasteiger partial charge is 0.338 e. The summed E-state index contributed by atoms with van der Waals surface area (Å²) in [6.45, 7) is 1.48. The van der Waals surface area contributed by atoms with E-state index >= 15 is 0 Å². The maximum Gasteiger partial charge on any atom is 0.338 e. The number of carbonyl (C=O) groups excluding carboxylic acids is 4. The minimum absolute atomic E-state index is 0.0945. The van der Waals surface area contributed by atoms with E-state index in [0.717, 1.165) is 12.8 Å². The summed E-state index contributed by atoms with van der Waals surface area (Å²) < 4.78 is 20.7. The van der Waals surface area contributed by atoms with Gasteiger partial charge >= 0.3 is 12.0 Å². The second-order valence-electron chi connectivity index (χ2n) is 7.16. The third-order valence-corrected chi connectivity index (χ3v) is 4.54. The summed E-state index contributed by atoms with van der Waals surface area (Å²) in [7, 11) is 2.92. The Bertz CT molecular complexity index is 1020. The molecule has 2 rings (SSSR count). The fourth-order valence-corrected chi connectivity index (χ4v) is 2.73. The zero-order valence-electron chi connectivity index (χ0n) is 19.8. The van der Waals surface area contributed by atoms with E-state index in [1.807, 2.05) is 6.92 Å². The molecule has 0 aliphatic rings. The first-order chi connectivity index (χ1) is 16.9. The lowest BCUT2D eigenvalue weighted by Gasteiger charge is -2.12. The van der Waals surface area contributed by atoms with Crippen LogP contribution in [0.2, 0.25) is 0 Å². The Morgan fingerprint density at radius 3 is 2.26 bits per heavy atom. The number of rotatable bonds is 12. The van der Waals surface area contributed by atoms with Crippen molar-refractivity contribution in [2.75, 3.05) is 39.3 Å². The highest BCUT2D eigenvalue weighted by Gasteiger charge is 2.16. The maximum absolute atomic E-state index is 12.3. The van der Waals surface area contributed by atoms with Gasteiger partial charge < -0.3 is 29.6 Å². The molecule has 0 spiro atoms. The summed E-state index contributed by atoms with van der Waals surface area (Å²) in [6.07, 6.45) is 1.68. The molecule has 11 heteroatoms. The van der Waals surface area contributed by atoms with Gasteiger partial charge in [-0.15, -0.1) is 0 Å². The van der Waals surface area contributed by atoms with Crippen molar-refractivity contribution in [2.45, 2.75) is 19.8 Å². The number of nitrogens with one attached hydrogen (secondary N) is 3. The van der Waals surface area contributed by atoms with Crippen LogP contribution < -0.4 is 30.2 Å². The molecule has 0 aromatic heterocycles. The van der Waals surface area contributed by atoms with E-state index in [1.54, 1.807) is 31.4 Å². The highest BCUT2D eigenvalue weighted by Crippen LogP contribution is 2.28. The quantitative estimate of drug-likeness (QED) is 0.306. The van der Waals surface area contributed by atoms with Crippen LogP contribution in [0.4, 0.5) is 10.5 Å². The van der Waals surface area contributed by atoms with Gasteiger partial charge in [-0.25, -0.2) is 9.59 Å². The Kier molecular flexibility index (Phi) is 10.9. The number of esters is 1. The number of anilines is 1. The lowest BCUT2D eigenvalue weighted by atomic mass is 10.2. The first-order valence-corrected chi connectivity index (χ1v) is 10.9. The minimum atomic E-state index is -0.798. The molecule has 11 nitrogen and oxygen atoms in total. The highest BCUT2D eigenvalue weighted by atomic mass is 16.5. The van der Waals surface area contributed by atoms with Crippen LogP contribution >= 0.6 is 0 Å². The monoisotopic (exact) mass is 487 g/mol. The van der Waals surface area contributed by atoms with Crippen LogP contribution in [0.5, 0.6) is 17.2 Å². The van der Waals surface area contributed by atoms with Gasteiger partial charge in [-0.05, 0) is 48.9 Å². The third-order valence-electron chi connectivity index (χ3n) is 4.54. The Morgan fingerprint density at radius 1 is 0.857 bits per heavy atom. The molecule has 0 saturated carbocycles. The Labute approximate surface area is 203 Å². The standard InChI is InChI=1S/C24H29N3O8/c1-4-5-12-25-24(31)27-22(29)15-35-23(30)16-6-11-19(20(13-16)33-3)34-14-21(28)26-17-7-9-18(32-2)10-8-17/h6-11,13H,4-5,12,14-15H2,1-3H3,(H,26,28)(H2,25,27,29,31). The average Bonchev–Trinajstić information content (AvgIpc) is 2.86. The lowest BCUT2D eigenvalue weighted by Crippen LogP contribution is -2.41. The number of ether oxygens (including phenoxy) is 4. The van der Waals surface area contributed by atoms with Gasteiger partial charge in [0, 0.05) is 12.2 Å². The Balaban J connectivity index is 1.85. The molecular weight excluding hydrogens is 458 g/mol. The zero-order chi connectivity index (χ0) is 25.6. The van der Waals surface area contributed by atoms with Gasteiger partial charge in [0.25, 0.3) is 11.8 Å². The normalized spacial score (nSPS) is 10.0. The second-order valence-corrected chi connectivity index (χ2v) is 7.16. The molecule has 0 radical (unpaired) electrons. The Hall–Kier alpha value is -4.28. The average molecular weight is 488 g/mol. The fraction of sp³-hybridized carbons (Fsp3) is 0.333. The van der Waals surface area contributed by atoms with Crippen molar-refractivity contribution in [1.82, 2.24) is 10.6 Å². The summed E-state index contributed by atoms with van der Waals surface area (Å²) in [4.78, 5) is 47.8. The van der Waals surface area contributed by atoms with E-state index in [9.17, 15) is 19.2 Å². The first-order valence-electron chi connectivity index (χ1n) is 10.9. The van der Waals surface area contributed by atoms with Gasteiger partial charge in [-0.3, -0.25) is 14.9 Å². The van der Waals surface area contributed by atoms with Crippen LogP contribution in [-0.2, 0) is 14.3 Å². The van der Waals surface area contributed by atoms with Crippen LogP contribution in [0.25, 0.3) is 0 Å². The van der Waals surface area contributed by atoms with Crippen LogP contribution in [0, 0.1) is 0 Å². The van der Waals surface area contributed by atoms with Crippen molar-refractivity contribution >= 4 is 29.5 Å². The van der Waals surface area contributed by atoms with E-state index in [0.29, 0.717) is 18.0 Å². The fourth-order valence-electron chi connectivity index (χ4n) is 2.73. The van der Waals surface area contributed by atoms with Crippen molar-refractivity contribution in [3.05, 3.63) is 48.0 Å². The van der Waals surface area contributed by atoms with Gasteiger partial charge in [0.15, 0.2) is 24.7 Å². The molecule has 35 heavy (non-hydrogen) atoms. The predicted molar refractivity (Wildman–Crippen MR) is 127 cm³/mol. The summed E-state index contributed by atoms with van der Waals surface area (Å²) in [5.41, 5.74) is 0.670. The highest BCUT2D eigenvalue weighted by molar-refractivity contribution is 5.97. The number of methoxy groups -OCH3 is 2. The Morgan fingerprint density at radius 2 is 1.60 bits per heavy atom. The first kappa shape index (κ1) is 27.0. The van der Waals surface area contributed by atoms with E-state index in [-0.39, 0.29) is 23.7 Å². The van der Waals surface area contributed by atoms with Gasteiger partial charge in [0.05, 0.1) is 19.8 Å². The molecule has 0 saturated heterocycles. The summed E-state index contributed by atoms with van der Waals surface area (Å²) in [6, 6.07) is 10.3. The molecule has 4 amide bonds. The third kappa shape index (κ3) is 9.24. The van der Waals surface area contributed by atoms with Crippen LogP contribution in [0.3, 0.4) is 0 Å². The van der Waals surface area contributed by atoms with Crippen molar-refractivity contribution < 1.29 is 38.1 Å². The number of imide groups is 1. The molecule has 0 bridgehead atoms. The molecule has 2 aromatic rings.